The summed E-state index contributed by atoms with van der Waals surface area (Å²) in [6, 6.07) is 9.08. The maximum absolute atomic E-state index is 6.11. The molecule has 0 aliphatic rings. The monoisotopic (exact) mass is 426 g/mol. The Morgan fingerprint density at radius 1 is 1.42 bits per heavy atom. The number of nitrogens with zero attached hydrogens (tertiary/aromatic N) is 4. The van der Waals surface area contributed by atoms with E-state index in [1.54, 1.807) is 23.0 Å². The molecule has 0 spiro atoms. The molecule has 0 amide bonds. The van der Waals surface area contributed by atoms with Crippen LogP contribution in [0.4, 0.5) is 0 Å². The van der Waals surface area contributed by atoms with E-state index in [1.807, 2.05) is 24.5 Å². The lowest BCUT2D eigenvalue weighted by molar-refractivity contribution is 0.270. The van der Waals surface area contributed by atoms with Gasteiger partial charge < -0.3 is 9.15 Å². The summed E-state index contributed by atoms with van der Waals surface area (Å²) >= 11 is 10.9. The van der Waals surface area contributed by atoms with Crippen molar-refractivity contribution in [3.05, 3.63) is 57.7 Å². The maximum Gasteiger partial charge on any atom is 0.211 e. The van der Waals surface area contributed by atoms with E-state index in [4.69, 9.17) is 20.8 Å². The third-order valence-corrected chi connectivity index (χ3v) is 4.36. The van der Waals surface area contributed by atoms with Gasteiger partial charge in [0.1, 0.15) is 30.2 Å². The van der Waals surface area contributed by atoms with Gasteiger partial charge >= 0.3 is 0 Å². The minimum Gasteiger partial charge on any atom is -0.484 e. The fourth-order valence-corrected chi connectivity index (χ4v) is 2.97. The van der Waals surface area contributed by atoms with Gasteiger partial charge in [0.05, 0.1) is 11.2 Å². The van der Waals surface area contributed by atoms with Crippen molar-refractivity contribution >= 4 is 45.5 Å². The Labute approximate surface area is 156 Å². The second kappa shape index (κ2) is 7.87. The zero-order valence-electron chi connectivity index (χ0n) is 12.5. The molecule has 0 bridgehead atoms. The number of furan rings is 1. The van der Waals surface area contributed by atoms with Crippen LogP contribution in [0.15, 0.2) is 55.8 Å². The third-order valence-electron chi connectivity index (χ3n) is 2.94. The van der Waals surface area contributed by atoms with Gasteiger partial charge in [0, 0.05) is 4.47 Å². The first-order chi connectivity index (χ1) is 11.7. The van der Waals surface area contributed by atoms with Gasteiger partial charge in [-0.3, -0.25) is 0 Å². The van der Waals surface area contributed by atoms with Crippen molar-refractivity contribution in [1.29, 1.82) is 0 Å². The highest BCUT2D eigenvalue weighted by atomic mass is 79.9. The van der Waals surface area contributed by atoms with Crippen LogP contribution in [-0.2, 0) is 6.61 Å². The van der Waals surface area contributed by atoms with Crippen molar-refractivity contribution in [2.75, 3.05) is 6.26 Å². The first-order valence-electron chi connectivity index (χ1n) is 6.80. The molecular weight excluding hydrogens is 416 g/mol. The number of rotatable bonds is 6. The van der Waals surface area contributed by atoms with E-state index < -0.39 is 0 Å². The van der Waals surface area contributed by atoms with Gasteiger partial charge in [-0.1, -0.05) is 39.3 Å². The van der Waals surface area contributed by atoms with E-state index in [0.29, 0.717) is 27.4 Å². The maximum atomic E-state index is 6.11. The summed E-state index contributed by atoms with van der Waals surface area (Å²) in [5.74, 6) is 1.88. The van der Waals surface area contributed by atoms with Crippen molar-refractivity contribution < 1.29 is 9.15 Å². The molecule has 3 rings (SSSR count). The number of benzene rings is 1. The van der Waals surface area contributed by atoms with Crippen LogP contribution in [-0.4, -0.2) is 27.3 Å². The second-order valence-corrected chi connectivity index (χ2v) is 6.67. The highest BCUT2D eigenvalue weighted by Crippen LogP contribution is 2.28. The molecule has 0 atom stereocenters. The SMILES string of the molecule is CSc1nncn1/N=C\c1ccc(COc2ccc(Br)cc2Cl)o1. The van der Waals surface area contributed by atoms with Crippen LogP contribution in [0.5, 0.6) is 5.75 Å². The molecule has 9 heteroatoms. The van der Waals surface area contributed by atoms with Gasteiger partial charge in [-0.25, -0.2) is 0 Å². The average Bonchev–Trinajstić information content (AvgIpc) is 3.20. The summed E-state index contributed by atoms with van der Waals surface area (Å²) in [6.45, 7) is 0.276. The lowest BCUT2D eigenvalue weighted by atomic mass is 10.3. The smallest absolute Gasteiger partial charge is 0.211 e. The molecule has 0 fully saturated rings. The minimum atomic E-state index is 0.276. The van der Waals surface area contributed by atoms with E-state index in [0.717, 1.165) is 4.47 Å². The Morgan fingerprint density at radius 2 is 2.29 bits per heavy atom. The van der Waals surface area contributed by atoms with Crippen molar-refractivity contribution in [1.82, 2.24) is 14.9 Å². The molecule has 6 nitrogen and oxygen atoms in total. The van der Waals surface area contributed by atoms with E-state index >= 15 is 0 Å². The predicted molar refractivity (Wildman–Crippen MR) is 97.0 cm³/mol. The summed E-state index contributed by atoms with van der Waals surface area (Å²) in [5, 5.41) is 13.2. The van der Waals surface area contributed by atoms with Crippen LogP contribution in [0.2, 0.25) is 5.02 Å². The Morgan fingerprint density at radius 3 is 3.08 bits per heavy atom. The first kappa shape index (κ1) is 17.1. The molecular formula is C15H12BrClN4O2S. The van der Waals surface area contributed by atoms with Gasteiger partial charge in [-0.15, -0.1) is 10.2 Å². The van der Waals surface area contributed by atoms with Crippen LogP contribution in [0.25, 0.3) is 0 Å². The van der Waals surface area contributed by atoms with E-state index in [-0.39, 0.29) is 6.61 Å². The highest BCUT2D eigenvalue weighted by Gasteiger charge is 2.06. The summed E-state index contributed by atoms with van der Waals surface area (Å²) < 4.78 is 13.8. The van der Waals surface area contributed by atoms with E-state index in [9.17, 15) is 0 Å². The number of hydrogen-bond acceptors (Lipinski definition) is 6. The summed E-state index contributed by atoms with van der Waals surface area (Å²) in [6.07, 6.45) is 5.04. The predicted octanol–water partition coefficient (Wildman–Crippen LogP) is 4.47. The molecule has 0 aliphatic heterocycles. The number of hydrogen-bond donors (Lipinski definition) is 0. The van der Waals surface area contributed by atoms with Crippen LogP contribution >= 0.6 is 39.3 Å². The lowest BCUT2D eigenvalue weighted by Crippen LogP contribution is -1.94. The molecule has 0 saturated carbocycles. The molecule has 24 heavy (non-hydrogen) atoms. The zero-order valence-corrected chi connectivity index (χ0v) is 15.7. The molecule has 3 aromatic rings. The normalized spacial score (nSPS) is 11.3. The number of ether oxygens (including phenoxy) is 1. The molecule has 0 N–H and O–H groups in total. The number of halogens is 2. The summed E-state index contributed by atoms with van der Waals surface area (Å²) in [5.41, 5.74) is 0. The Hall–Kier alpha value is -1.77. The number of aromatic nitrogens is 3. The lowest BCUT2D eigenvalue weighted by Gasteiger charge is -2.06. The van der Waals surface area contributed by atoms with Gasteiger partial charge in [0.15, 0.2) is 0 Å². The van der Waals surface area contributed by atoms with Crippen molar-refractivity contribution in [3.63, 3.8) is 0 Å². The van der Waals surface area contributed by atoms with Gasteiger partial charge in [-0.2, -0.15) is 9.78 Å². The molecule has 2 heterocycles. The van der Waals surface area contributed by atoms with Crippen LogP contribution in [0.3, 0.4) is 0 Å². The topological polar surface area (TPSA) is 65.4 Å². The molecule has 2 aromatic heterocycles. The standard InChI is InChI=1S/C15H12BrClN4O2S/c1-24-15-20-18-9-21(15)19-7-11-3-4-12(23-11)8-22-14-5-2-10(16)6-13(14)17/h2-7,9H,8H2,1H3/b19-7-. The van der Waals surface area contributed by atoms with Crippen molar-refractivity contribution in [3.8, 4) is 5.75 Å². The molecule has 124 valence electrons. The fraction of sp³-hybridized carbons (Fsp3) is 0.133. The van der Waals surface area contributed by atoms with Gasteiger partial charge in [0.25, 0.3) is 0 Å². The largest absolute Gasteiger partial charge is 0.484 e. The van der Waals surface area contributed by atoms with Crippen molar-refractivity contribution in [2.24, 2.45) is 5.10 Å². The third kappa shape index (κ3) is 4.19. The summed E-state index contributed by atoms with van der Waals surface area (Å²) in [4.78, 5) is 0. The summed E-state index contributed by atoms with van der Waals surface area (Å²) in [7, 11) is 0. The Balaban J connectivity index is 1.63. The molecule has 1 aromatic carbocycles. The molecule has 0 radical (unpaired) electrons. The average molecular weight is 428 g/mol. The van der Waals surface area contributed by atoms with Crippen LogP contribution < -0.4 is 4.74 Å². The quantitative estimate of drug-likeness (QED) is 0.429. The van der Waals surface area contributed by atoms with E-state index in [2.05, 4.69) is 31.2 Å². The highest BCUT2D eigenvalue weighted by molar-refractivity contribution is 9.10. The zero-order chi connectivity index (χ0) is 16.9. The first-order valence-corrected chi connectivity index (χ1v) is 9.20. The molecule has 0 aliphatic carbocycles. The van der Waals surface area contributed by atoms with Gasteiger partial charge in [-0.05, 0) is 36.6 Å². The number of thioether (sulfide) groups is 1. The second-order valence-electron chi connectivity index (χ2n) is 4.57. The molecule has 0 unspecified atom stereocenters. The van der Waals surface area contributed by atoms with Gasteiger partial charge in [0.2, 0.25) is 5.16 Å². The van der Waals surface area contributed by atoms with Crippen LogP contribution in [0, 0.1) is 0 Å². The molecule has 0 saturated heterocycles. The minimum absolute atomic E-state index is 0.276. The van der Waals surface area contributed by atoms with Crippen molar-refractivity contribution in [2.45, 2.75) is 11.8 Å². The Kier molecular flexibility index (Phi) is 5.60. The van der Waals surface area contributed by atoms with E-state index in [1.165, 1.54) is 18.1 Å². The fourth-order valence-electron chi connectivity index (χ4n) is 1.83. The Bertz CT molecular complexity index is 865. The van der Waals surface area contributed by atoms with Crippen LogP contribution in [0.1, 0.15) is 11.5 Å².